The van der Waals surface area contributed by atoms with Gasteiger partial charge >= 0.3 is 0 Å². The zero-order valence-corrected chi connectivity index (χ0v) is 21.4. The van der Waals surface area contributed by atoms with Crippen LogP contribution in [0.5, 0.6) is 0 Å². The first-order valence-electron chi connectivity index (χ1n) is 11.4. The minimum absolute atomic E-state index is 0.0101. The summed E-state index contributed by atoms with van der Waals surface area (Å²) >= 11 is 0.993. The van der Waals surface area contributed by atoms with Crippen LogP contribution in [0.15, 0.2) is 59.6 Å². The molecule has 1 aliphatic rings. The summed E-state index contributed by atoms with van der Waals surface area (Å²) < 4.78 is 47.1. The van der Waals surface area contributed by atoms with Gasteiger partial charge < -0.3 is 14.4 Å². The number of carbonyl (C=O) groups excluding carboxylic acids is 1. The molecule has 0 radical (unpaired) electrons. The Labute approximate surface area is 212 Å². The normalized spacial score (nSPS) is 15.3. The van der Waals surface area contributed by atoms with Gasteiger partial charge in [0.1, 0.15) is 17.7 Å². The molecule has 9 nitrogen and oxygen atoms in total. The number of anilines is 2. The van der Waals surface area contributed by atoms with Gasteiger partial charge in [-0.15, -0.1) is 0 Å². The van der Waals surface area contributed by atoms with Crippen molar-refractivity contribution in [2.24, 2.45) is 0 Å². The summed E-state index contributed by atoms with van der Waals surface area (Å²) in [4.78, 5) is 21.3. The summed E-state index contributed by atoms with van der Waals surface area (Å²) in [5.74, 6) is 0.220. The molecule has 188 valence electrons. The predicted octanol–water partition coefficient (Wildman–Crippen LogP) is 3.65. The Balaban J connectivity index is 1.21. The second-order valence-electron chi connectivity index (χ2n) is 8.66. The number of amides is 1. The molecule has 1 aliphatic heterocycles. The lowest BCUT2D eigenvalue weighted by atomic mass is 10.2. The average molecular weight is 529 g/mol. The number of rotatable bonds is 6. The number of benzene rings is 2. The molecule has 2 aromatic carbocycles. The summed E-state index contributed by atoms with van der Waals surface area (Å²) in [6.45, 7) is 5.91. The lowest BCUT2D eigenvalue weighted by Gasteiger charge is -2.37. The quantitative estimate of drug-likeness (QED) is 0.410. The third-order valence-corrected chi connectivity index (χ3v) is 8.52. The van der Waals surface area contributed by atoms with Crippen LogP contribution in [-0.2, 0) is 14.8 Å². The highest BCUT2D eigenvalue weighted by Gasteiger charge is 2.27. The molecule has 1 N–H and O–H groups in total. The second kappa shape index (κ2) is 9.51. The molecule has 0 bridgehead atoms. The van der Waals surface area contributed by atoms with Crippen molar-refractivity contribution in [1.29, 1.82) is 0 Å². The molecule has 36 heavy (non-hydrogen) atoms. The molecule has 1 fully saturated rings. The largest absolute Gasteiger partial charge is 0.368 e. The first kappa shape index (κ1) is 24.2. The number of halogens is 1. The van der Waals surface area contributed by atoms with E-state index >= 15 is 0 Å². The number of aryl methyl sites for hydroxylation is 1. The number of hydrogen-bond donors (Lipinski definition) is 1. The Morgan fingerprint density at radius 1 is 1.08 bits per heavy atom. The minimum Gasteiger partial charge on any atom is -0.368 e. The van der Waals surface area contributed by atoms with Crippen LogP contribution < -0.4 is 9.62 Å². The first-order valence-corrected chi connectivity index (χ1v) is 13.7. The van der Waals surface area contributed by atoms with E-state index in [1.165, 1.54) is 12.1 Å². The molecule has 0 spiro atoms. The molecule has 4 aromatic rings. The lowest BCUT2D eigenvalue weighted by Crippen LogP contribution is -2.50. The Morgan fingerprint density at radius 3 is 2.47 bits per heavy atom. The zero-order valence-electron chi connectivity index (χ0n) is 19.8. The van der Waals surface area contributed by atoms with Crippen LogP contribution in [0.1, 0.15) is 18.8 Å². The first-order chi connectivity index (χ1) is 17.2. The van der Waals surface area contributed by atoms with E-state index < -0.39 is 16.1 Å². The number of sulfonamides is 1. The topological polar surface area (TPSA) is 100 Å². The number of fused-ring (bicyclic) bond motifs is 1. The van der Waals surface area contributed by atoms with Crippen LogP contribution in [0.4, 0.5) is 15.2 Å². The van der Waals surface area contributed by atoms with Crippen molar-refractivity contribution in [3.63, 3.8) is 0 Å². The molecule has 5 rings (SSSR count). The maximum atomic E-state index is 13.5. The highest BCUT2D eigenvalue weighted by atomic mass is 32.2. The van der Waals surface area contributed by atoms with E-state index in [9.17, 15) is 17.6 Å². The van der Waals surface area contributed by atoms with Crippen LogP contribution in [0, 0.1) is 12.7 Å². The van der Waals surface area contributed by atoms with Gasteiger partial charge in [-0.3, -0.25) is 9.52 Å². The van der Waals surface area contributed by atoms with Crippen LogP contribution in [0.3, 0.4) is 0 Å². The van der Waals surface area contributed by atoms with Gasteiger partial charge in [0.05, 0.1) is 4.90 Å². The number of hydrogen-bond acceptors (Lipinski definition) is 7. The summed E-state index contributed by atoms with van der Waals surface area (Å²) in [5.41, 5.74) is 1.71. The molecule has 1 atom stereocenters. The van der Waals surface area contributed by atoms with E-state index in [2.05, 4.69) is 19.0 Å². The molecule has 1 saturated heterocycles. The van der Waals surface area contributed by atoms with Crippen molar-refractivity contribution < 1.29 is 17.6 Å². The van der Waals surface area contributed by atoms with E-state index in [1.807, 2.05) is 28.7 Å². The molecule has 0 saturated carbocycles. The predicted molar refractivity (Wildman–Crippen MR) is 137 cm³/mol. The van der Waals surface area contributed by atoms with Gasteiger partial charge in [0.15, 0.2) is 0 Å². The van der Waals surface area contributed by atoms with Crippen LogP contribution in [-0.4, -0.2) is 59.3 Å². The monoisotopic (exact) mass is 528 g/mol. The van der Waals surface area contributed by atoms with E-state index in [0.717, 1.165) is 28.1 Å². The van der Waals surface area contributed by atoms with E-state index in [1.54, 1.807) is 37.3 Å². The Kier molecular flexibility index (Phi) is 6.39. The van der Waals surface area contributed by atoms with Crippen molar-refractivity contribution in [3.8, 4) is 0 Å². The van der Waals surface area contributed by atoms with Crippen LogP contribution >= 0.6 is 11.5 Å². The highest BCUT2D eigenvalue weighted by molar-refractivity contribution is 7.93. The van der Waals surface area contributed by atoms with Gasteiger partial charge in [0.25, 0.3) is 10.0 Å². The summed E-state index contributed by atoms with van der Waals surface area (Å²) in [6, 6.07) is 12.6. The molecule has 1 unspecified atom stereocenters. The van der Waals surface area contributed by atoms with Gasteiger partial charge in [0.2, 0.25) is 11.0 Å². The van der Waals surface area contributed by atoms with Gasteiger partial charge in [-0.2, -0.15) is 4.37 Å². The lowest BCUT2D eigenvalue weighted by molar-refractivity contribution is -0.134. The van der Waals surface area contributed by atoms with Crippen molar-refractivity contribution in [3.05, 3.63) is 66.4 Å². The summed E-state index contributed by atoms with van der Waals surface area (Å²) in [5, 5.41) is 0.991. The summed E-state index contributed by atoms with van der Waals surface area (Å²) in [7, 11) is -3.75. The summed E-state index contributed by atoms with van der Waals surface area (Å²) in [6.07, 6.45) is 1.82. The van der Waals surface area contributed by atoms with Gasteiger partial charge in [-0.1, -0.05) is 0 Å². The fourth-order valence-corrected chi connectivity index (χ4v) is 6.19. The van der Waals surface area contributed by atoms with Crippen LogP contribution in [0.2, 0.25) is 0 Å². The van der Waals surface area contributed by atoms with Gasteiger partial charge in [-0.25, -0.2) is 17.8 Å². The minimum atomic E-state index is -3.75. The molecule has 3 heterocycles. The SMILES string of the molecule is Cc1nsc(NS(=O)(=O)c2ccc(N3CCN(C(=O)C(C)n4ccc5cc(F)ccc54)CC3)cc2)n1. The number of piperazine rings is 1. The smallest absolute Gasteiger partial charge is 0.263 e. The number of carbonyl (C=O) groups is 1. The number of nitrogens with zero attached hydrogens (tertiary/aromatic N) is 5. The Hall–Kier alpha value is -3.51. The van der Waals surface area contributed by atoms with Crippen LogP contribution in [0.25, 0.3) is 10.9 Å². The molecular formula is C24H25FN6O3S2. The van der Waals surface area contributed by atoms with E-state index in [-0.39, 0.29) is 21.8 Å². The Morgan fingerprint density at radius 2 is 1.81 bits per heavy atom. The maximum Gasteiger partial charge on any atom is 0.263 e. The van der Waals surface area contributed by atoms with E-state index in [4.69, 9.17) is 0 Å². The van der Waals surface area contributed by atoms with Crippen molar-refractivity contribution >= 4 is 49.2 Å². The van der Waals surface area contributed by atoms with Crippen molar-refractivity contribution in [1.82, 2.24) is 18.8 Å². The molecule has 12 heteroatoms. The molecular weight excluding hydrogens is 503 g/mol. The van der Waals surface area contributed by atoms with E-state index in [0.29, 0.717) is 32.0 Å². The third-order valence-electron chi connectivity index (χ3n) is 6.31. The fourth-order valence-electron chi connectivity index (χ4n) is 4.39. The fraction of sp³-hybridized carbons (Fsp3) is 0.292. The van der Waals surface area contributed by atoms with Gasteiger partial charge in [0, 0.05) is 60.5 Å². The second-order valence-corrected chi connectivity index (χ2v) is 11.1. The van der Waals surface area contributed by atoms with Crippen molar-refractivity contribution in [2.75, 3.05) is 35.8 Å². The molecule has 2 aromatic heterocycles. The maximum absolute atomic E-state index is 13.5. The average Bonchev–Trinajstić information content (AvgIpc) is 3.48. The Bertz CT molecular complexity index is 1510. The van der Waals surface area contributed by atoms with Crippen molar-refractivity contribution in [2.45, 2.75) is 24.8 Å². The molecule has 0 aliphatic carbocycles. The highest BCUT2D eigenvalue weighted by Crippen LogP contribution is 2.25. The number of aromatic nitrogens is 3. The van der Waals surface area contributed by atoms with Gasteiger partial charge in [-0.05, 0) is 62.4 Å². The third kappa shape index (κ3) is 4.78. The zero-order chi connectivity index (χ0) is 25.4. The molecule has 1 amide bonds. The number of nitrogens with one attached hydrogen (secondary N) is 1. The standard InChI is InChI=1S/C24H25FN6O3S2/c1-16(31-10-9-18-15-19(25)3-8-22(18)31)23(32)30-13-11-29(12-14-30)20-4-6-21(7-5-20)36(33,34)28-24-26-17(2)27-35-24/h3-10,15-16H,11-14H2,1-2H3,(H,26,27,28).